The lowest BCUT2D eigenvalue weighted by Gasteiger charge is -2.22. The van der Waals surface area contributed by atoms with E-state index in [0.717, 1.165) is 37.7 Å². The smallest absolute Gasteiger partial charge is 0.0929 e. The Morgan fingerprint density at radius 3 is 3.00 bits per heavy atom. The highest BCUT2D eigenvalue weighted by atomic mass is 16.3. The minimum absolute atomic E-state index is 0.545. The predicted octanol–water partition coefficient (Wildman–Crippen LogP) is 2.41. The zero-order chi connectivity index (χ0) is 8.32. The third-order valence-corrected chi connectivity index (χ3v) is 2.46. The maximum absolute atomic E-state index is 10.0. The molecule has 0 amide bonds. The first-order chi connectivity index (χ1) is 5.23. The molecule has 0 aromatic carbocycles. The van der Waals surface area contributed by atoms with Crippen LogP contribution in [0.5, 0.6) is 0 Å². The second kappa shape index (κ2) is 3.25. The Labute approximate surface area is 68.4 Å². The van der Waals surface area contributed by atoms with Crippen molar-refractivity contribution in [3.05, 3.63) is 17.9 Å². The Morgan fingerprint density at radius 1 is 1.73 bits per heavy atom. The van der Waals surface area contributed by atoms with Crippen LogP contribution in [-0.2, 0) is 0 Å². The largest absolute Gasteiger partial charge is 0.385 e. The average Bonchev–Trinajstić information content (AvgIpc) is 2.31. The Balaban J connectivity index is 2.75. The van der Waals surface area contributed by atoms with Crippen LogP contribution in [0.2, 0.25) is 0 Å². The van der Waals surface area contributed by atoms with Gasteiger partial charge in [-0.25, -0.2) is 0 Å². The molecule has 0 heterocycles. The normalized spacial score (nSPS) is 30.5. The van der Waals surface area contributed by atoms with E-state index < -0.39 is 5.60 Å². The van der Waals surface area contributed by atoms with Gasteiger partial charge < -0.3 is 5.11 Å². The van der Waals surface area contributed by atoms with E-state index in [2.05, 4.69) is 19.2 Å². The second-order valence-electron chi connectivity index (χ2n) is 3.29. The van der Waals surface area contributed by atoms with Crippen molar-refractivity contribution in [3.8, 4) is 0 Å². The minimum Gasteiger partial charge on any atom is -0.385 e. The molecule has 0 spiro atoms. The van der Waals surface area contributed by atoms with E-state index in [1.165, 1.54) is 0 Å². The van der Waals surface area contributed by atoms with E-state index in [-0.39, 0.29) is 0 Å². The Kier molecular flexibility index (Phi) is 2.53. The summed E-state index contributed by atoms with van der Waals surface area (Å²) in [5.74, 6) is 0. The fraction of sp³-hybridized carbons (Fsp3) is 0.700. The van der Waals surface area contributed by atoms with Gasteiger partial charge in [0, 0.05) is 5.57 Å². The Morgan fingerprint density at radius 2 is 2.45 bits per heavy atom. The van der Waals surface area contributed by atoms with E-state index in [1.54, 1.807) is 0 Å². The average molecular weight is 152 g/mol. The molecule has 0 bridgehead atoms. The van der Waals surface area contributed by atoms with E-state index in [4.69, 9.17) is 0 Å². The van der Waals surface area contributed by atoms with Gasteiger partial charge in [-0.2, -0.15) is 0 Å². The molecular weight excluding hydrogens is 136 g/mol. The van der Waals surface area contributed by atoms with Crippen LogP contribution < -0.4 is 0 Å². The number of aliphatic hydroxyl groups is 1. The van der Waals surface area contributed by atoms with Crippen molar-refractivity contribution in [1.29, 1.82) is 0 Å². The Bertz CT molecular complexity index is 189. The summed E-state index contributed by atoms with van der Waals surface area (Å²) in [6.07, 6.45) is 4.87. The monoisotopic (exact) mass is 152 g/mol. The summed E-state index contributed by atoms with van der Waals surface area (Å²) in [5, 5.41) is 10.0. The summed E-state index contributed by atoms with van der Waals surface area (Å²) in [5.41, 5.74) is 3.34. The van der Waals surface area contributed by atoms with Crippen molar-refractivity contribution in [1.82, 2.24) is 0 Å². The second-order valence-corrected chi connectivity index (χ2v) is 3.29. The molecule has 1 fully saturated rings. The minimum atomic E-state index is -0.545. The first-order valence-corrected chi connectivity index (χ1v) is 4.34. The van der Waals surface area contributed by atoms with E-state index in [0.29, 0.717) is 0 Å². The van der Waals surface area contributed by atoms with Gasteiger partial charge in [-0.1, -0.05) is 19.9 Å². The lowest BCUT2D eigenvalue weighted by molar-refractivity contribution is 0.0751. The maximum Gasteiger partial charge on any atom is 0.0929 e. The third-order valence-electron chi connectivity index (χ3n) is 2.46. The van der Waals surface area contributed by atoms with E-state index >= 15 is 0 Å². The number of hydrogen-bond acceptors (Lipinski definition) is 1. The summed E-state index contributed by atoms with van der Waals surface area (Å²) >= 11 is 0. The van der Waals surface area contributed by atoms with Crippen LogP contribution in [0.3, 0.4) is 0 Å². The number of rotatable bonds is 2. The van der Waals surface area contributed by atoms with Crippen LogP contribution in [0.15, 0.2) is 17.9 Å². The molecule has 1 nitrogen and oxygen atoms in total. The number of hydrogen-bond donors (Lipinski definition) is 1. The van der Waals surface area contributed by atoms with Crippen LogP contribution >= 0.6 is 0 Å². The highest BCUT2D eigenvalue weighted by Crippen LogP contribution is 2.37. The molecule has 1 N–H and O–H groups in total. The van der Waals surface area contributed by atoms with Gasteiger partial charge in [0.05, 0.1) is 5.60 Å². The summed E-state index contributed by atoms with van der Waals surface area (Å²) < 4.78 is 0. The van der Waals surface area contributed by atoms with Crippen LogP contribution in [0.25, 0.3) is 0 Å². The molecule has 0 radical (unpaired) electrons. The van der Waals surface area contributed by atoms with Gasteiger partial charge in [-0.05, 0) is 25.7 Å². The molecule has 1 rings (SSSR count). The highest BCUT2D eigenvalue weighted by molar-refractivity contribution is 5.19. The van der Waals surface area contributed by atoms with Gasteiger partial charge in [-0.3, -0.25) is 0 Å². The van der Waals surface area contributed by atoms with Crippen LogP contribution in [-0.4, -0.2) is 10.7 Å². The summed E-state index contributed by atoms with van der Waals surface area (Å²) in [7, 11) is 0. The van der Waals surface area contributed by atoms with Crippen molar-refractivity contribution in [3.63, 3.8) is 0 Å². The van der Waals surface area contributed by atoms with Crippen LogP contribution in [0, 0.1) is 0 Å². The molecule has 1 saturated carbocycles. The molecule has 1 aliphatic rings. The van der Waals surface area contributed by atoms with Gasteiger partial charge in [0.2, 0.25) is 0 Å². The first kappa shape index (κ1) is 8.58. The fourth-order valence-electron chi connectivity index (χ4n) is 1.88. The molecule has 0 aromatic rings. The quantitative estimate of drug-likeness (QED) is 0.602. The van der Waals surface area contributed by atoms with Gasteiger partial charge in [0.25, 0.3) is 0 Å². The molecule has 1 aliphatic carbocycles. The fourth-order valence-corrected chi connectivity index (χ4v) is 1.88. The zero-order valence-electron chi connectivity index (χ0n) is 7.19. The standard InChI is InChI=1S/C10H16O/c1-3-7-10(11)8-5-6-9(10)4-2/h11H,2-3,5-8H2,1H3. The molecular formula is C10H16O. The third kappa shape index (κ3) is 1.55. The molecule has 1 atom stereocenters. The molecule has 0 saturated heterocycles. The summed E-state index contributed by atoms with van der Waals surface area (Å²) in [4.78, 5) is 0. The molecule has 1 unspecified atom stereocenters. The van der Waals surface area contributed by atoms with Crippen molar-refractivity contribution in [2.75, 3.05) is 0 Å². The molecule has 0 aromatic heterocycles. The van der Waals surface area contributed by atoms with E-state index in [1.807, 2.05) is 0 Å². The first-order valence-electron chi connectivity index (χ1n) is 4.34. The Hall–Kier alpha value is -0.520. The molecule has 62 valence electrons. The van der Waals surface area contributed by atoms with Crippen molar-refractivity contribution in [2.24, 2.45) is 0 Å². The van der Waals surface area contributed by atoms with Crippen LogP contribution in [0.1, 0.15) is 39.0 Å². The predicted molar refractivity (Wildman–Crippen MR) is 46.4 cm³/mol. The van der Waals surface area contributed by atoms with Gasteiger partial charge >= 0.3 is 0 Å². The van der Waals surface area contributed by atoms with Gasteiger partial charge in [0.1, 0.15) is 0 Å². The molecule has 11 heavy (non-hydrogen) atoms. The topological polar surface area (TPSA) is 20.2 Å². The molecule has 1 heteroatoms. The van der Waals surface area contributed by atoms with Crippen molar-refractivity contribution >= 4 is 0 Å². The maximum atomic E-state index is 10.0. The summed E-state index contributed by atoms with van der Waals surface area (Å²) in [6.45, 7) is 5.69. The van der Waals surface area contributed by atoms with Crippen molar-refractivity contribution < 1.29 is 5.11 Å². The molecule has 0 aliphatic heterocycles. The zero-order valence-corrected chi connectivity index (χ0v) is 7.19. The van der Waals surface area contributed by atoms with Crippen molar-refractivity contribution in [2.45, 2.75) is 44.6 Å². The lowest BCUT2D eigenvalue weighted by atomic mass is 9.92. The lowest BCUT2D eigenvalue weighted by Crippen LogP contribution is -2.25. The van der Waals surface area contributed by atoms with Gasteiger partial charge in [0.15, 0.2) is 0 Å². The summed E-state index contributed by atoms with van der Waals surface area (Å²) in [6, 6.07) is 0. The van der Waals surface area contributed by atoms with Crippen LogP contribution in [0.4, 0.5) is 0 Å². The highest BCUT2D eigenvalue weighted by Gasteiger charge is 2.34. The SMILES string of the molecule is C=C=C1CCCC1(O)CCC. The van der Waals surface area contributed by atoms with Gasteiger partial charge in [-0.15, -0.1) is 5.73 Å². The van der Waals surface area contributed by atoms with E-state index in [9.17, 15) is 5.11 Å².